The van der Waals surface area contributed by atoms with Crippen LogP contribution in [0.3, 0.4) is 0 Å². The Morgan fingerprint density at radius 2 is 2.04 bits per heavy atom. The first-order valence-electron chi connectivity index (χ1n) is 7.73. The van der Waals surface area contributed by atoms with E-state index in [2.05, 4.69) is 33.6 Å². The molecular formula is C18H23ClN4. The van der Waals surface area contributed by atoms with Crippen molar-refractivity contribution in [2.75, 3.05) is 13.6 Å². The van der Waals surface area contributed by atoms with Crippen molar-refractivity contribution in [2.45, 2.75) is 26.3 Å². The van der Waals surface area contributed by atoms with Crippen molar-refractivity contribution in [3.8, 4) is 0 Å². The Kier molecular flexibility index (Phi) is 6.41. The average molecular weight is 331 g/mol. The molecule has 0 bridgehead atoms. The number of pyridine rings is 1. The van der Waals surface area contributed by atoms with Gasteiger partial charge in [0.2, 0.25) is 0 Å². The van der Waals surface area contributed by atoms with E-state index in [1.165, 1.54) is 5.56 Å². The van der Waals surface area contributed by atoms with E-state index in [4.69, 9.17) is 11.6 Å². The Morgan fingerprint density at radius 3 is 2.70 bits per heavy atom. The Labute approximate surface area is 143 Å². The highest BCUT2D eigenvalue weighted by Gasteiger charge is 2.10. The number of hydrogen-bond donors (Lipinski definition) is 2. The quantitative estimate of drug-likeness (QED) is 0.651. The summed E-state index contributed by atoms with van der Waals surface area (Å²) >= 11 is 6.24. The van der Waals surface area contributed by atoms with Gasteiger partial charge in [-0.05, 0) is 43.5 Å². The summed E-state index contributed by atoms with van der Waals surface area (Å²) in [6.07, 6.45) is 2.81. The fourth-order valence-electron chi connectivity index (χ4n) is 2.28. The summed E-state index contributed by atoms with van der Waals surface area (Å²) in [5, 5.41) is 7.44. The molecule has 0 aliphatic rings. The lowest BCUT2D eigenvalue weighted by Gasteiger charge is -2.19. The van der Waals surface area contributed by atoms with E-state index < -0.39 is 0 Å². The predicted octanol–water partition coefficient (Wildman–Crippen LogP) is 3.51. The first-order valence-corrected chi connectivity index (χ1v) is 8.11. The zero-order chi connectivity index (χ0) is 16.7. The van der Waals surface area contributed by atoms with E-state index in [9.17, 15) is 0 Å². The van der Waals surface area contributed by atoms with Gasteiger partial charge in [-0.15, -0.1) is 0 Å². The molecule has 122 valence electrons. The van der Waals surface area contributed by atoms with Gasteiger partial charge < -0.3 is 10.6 Å². The monoisotopic (exact) mass is 330 g/mol. The maximum atomic E-state index is 6.24. The third kappa shape index (κ3) is 5.25. The van der Waals surface area contributed by atoms with Crippen LogP contribution >= 0.6 is 11.6 Å². The first kappa shape index (κ1) is 17.3. The number of guanidine groups is 1. The Morgan fingerprint density at radius 1 is 1.26 bits per heavy atom. The molecule has 1 aromatic carbocycles. The summed E-state index contributed by atoms with van der Waals surface area (Å²) in [6, 6.07) is 12.0. The van der Waals surface area contributed by atoms with E-state index >= 15 is 0 Å². The number of aryl methyl sites for hydroxylation is 1. The molecule has 1 heterocycles. The molecule has 0 saturated heterocycles. The maximum absolute atomic E-state index is 6.24. The van der Waals surface area contributed by atoms with Crippen LogP contribution in [-0.4, -0.2) is 24.5 Å². The van der Waals surface area contributed by atoms with E-state index in [1.54, 1.807) is 7.05 Å². The average Bonchev–Trinajstić information content (AvgIpc) is 2.56. The number of benzene rings is 1. The van der Waals surface area contributed by atoms with Gasteiger partial charge in [0.25, 0.3) is 0 Å². The molecule has 0 amide bonds. The van der Waals surface area contributed by atoms with Crippen molar-refractivity contribution in [3.05, 3.63) is 64.4 Å². The normalized spacial score (nSPS) is 12.8. The zero-order valence-electron chi connectivity index (χ0n) is 13.8. The van der Waals surface area contributed by atoms with Crippen LogP contribution in [-0.2, 0) is 6.42 Å². The minimum absolute atomic E-state index is 0.0796. The van der Waals surface area contributed by atoms with Crippen LogP contribution in [0.15, 0.2) is 47.6 Å². The summed E-state index contributed by atoms with van der Waals surface area (Å²) in [6.45, 7) is 4.85. The molecule has 23 heavy (non-hydrogen) atoms. The molecule has 1 atom stereocenters. The highest BCUT2D eigenvalue weighted by molar-refractivity contribution is 6.31. The van der Waals surface area contributed by atoms with E-state index in [1.807, 2.05) is 43.5 Å². The highest BCUT2D eigenvalue weighted by Crippen LogP contribution is 2.21. The fraction of sp³-hybridized carbons (Fsp3) is 0.333. The first-order chi connectivity index (χ1) is 11.1. The molecule has 0 spiro atoms. The van der Waals surface area contributed by atoms with Crippen molar-refractivity contribution in [3.63, 3.8) is 0 Å². The molecule has 4 nitrogen and oxygen atoms in total. The Hall–Kier alpha value is -2.07. The molecule has 2 aromatic rings. The van der Waals surface area contributed by atoms with Crippen LogP contribution in [0.4, 0.5) is 0 Å². The van der Waals surface area contributed by atoms with Crippen LogP contribution in [0.5, 0.6) is 0 Å². The molecule has 5 heteroatoms. The van der Waals surface area contributed by atoms with Crippen molar-refractivity contribution in [1.82, 2.24) is 15.6 Å². The van der Waals surface area contributed by atoms with E-state index in [-0.39, 0.29) is 6.04 Å². The van der Waals surface area contributed by atoms with Crippen molar-refractivity contribution in [1.29, 1.82) is 0 Å². The molecule has 0 aliphatic carbocycles. The third-order valence-electron chi connectivity index (χ3n) is 3.63. The number of nitrogens with zero attached hydrogens (tertiary/aromatic N) is 2. The van der Waals surface area contributed by atoms with Gasteiger partial charge in [-0.3, -0.25) is 9.98 Å². The summed E-state index contributed by atoms with van der Waals surface area (Å²) in [4.78, 5) is 8.57. The van der Waals surface area contributed by atoms with Gasteiger partial charge in [0.1, 0.15) is 0 Å². The molecular weight excluding hydrogens is 308 g/mol. The van der Waals surface area contributed by atoms with E-state index in [0.29, 0.717) is 0 Å². The minimum atomic E-state index is 0.0796. The summed E-state index contributed by atoms with van der Waals surface area (Å²) in [5.41, 5.74) is 3.30. The van der Waals surface area contributed by atoms with Gasteiger partial charge in [-0.25, -0.2) is 0 Å². The fourth-order valence-corrected chi connectivity index (χ4v) is 2.57. The lowest BCUT2D eigenvalue weighted by atomic mass is 10.1. The van der Waals surface area contributed by atoms with Gasteiger partial charge in [-0.1, -0.05) is 35.9 Å². The minimum Gasteiger partial charge on any atom is -0.356 e. The largest absolute Gasteiger partial charge is 0.356 e. The molecule has 2 rings (SSSR count). The third-order valence-corrected chi connectivity index (χ3v) is 3.97. The highest BCUT2D eigenvalue weighted by atomic mass is 35.5. The van der Waals surface area contributed by atoms with Crippen LogP contribution < -0.4 is 10.6 Å². The number of aromatic nitrogens is 1. The van der Waals surface area contributed by atoms with Crippen LogP contribution in [0, 0.1) is 6.92 Å². The smallest absolute Gasteiger partial charge is 0.191 e. The lowest BCUT2D eigenvalue weighted by molar-refractivity contribution is 0.684. The molecule has 1 unspecified atom stereocenters. The van der Waals surface area contributed by atoms with Crippen LogP contribution in [0.1, 0.15) is 29.8 Å². The number of nitrogens with one attached hydrogen (secondary N) is 2. The number of hydrogen-bond acceptors (Lipinski definition) is 2. The SMILES string of the molecule is CN=C(NCCc1ccc(C)nc1)NC(C)c1ccccc1Cl. The second-order valence-corrected chi connectivity index (χ2v) is 5.85. The standard InChI is InChI=1S/C18H23ClN4/c1-13-8-9-15(12-22-13)10-11-21-18(20-3)23-14(2)16-6-4-5-7-17(16)19/h4-9,12,14H,10-11H2,1-3H3,(H2,20,21,23). The van der Waals surface area contributed by atoms with Gasteiger partial charge in [0.05, 0.1) is 6.04 Å². The molecule has 1 aromatic heterocycles. The molecule has 0 fully saturated rings. The van der Waals surface area contributed by atoms with Crippen molar-refractivity contribution >= 4 is 17.6 Å². The van der Waals surface area contributed by atoms with Crippen LogP contribution in [0.2, 0.25) is 5.02 Å². The van der Waals surface area contributed by atoms with Crippen LogP contribution in [0.25, 0.3) is 0 Å². The van der Waals surface area contributed by atoms with Gasteiger partial charge in [0, 0.05) is 30.5 Å². The van der Waals surface area contributed by atoms with Crippen molar-refractivity contribution in [2.24, 2.45) is 4.99 Å². The molecule has 0 aliphatic heterocycles. The second-order valence-electron chi connectivity index (χ2n) is 5.44. The van der Waals surface area contributed by atoms with Crippen molar-refractivity contribution < 1.29 is 0 Å². The second kappa shape index (κ2) is 8.53. The maximum Gasteiger partial charge on any atom is 0.191 e. The number of aliphatic imine (C=N–C) groups is 1. The molecule has 2 N–H and O–H groups in total. The predicted molar refractivity (Wildman–Crippen MR) is 97.0 cm³/mol. The van der Waals surface area contributed by atoms with E-state index in [0.717, 1.165) is 35.2 Å². The summed E-state index contributed by atoms with van der Waals surface area (Å²) in [5.74, 6) is 0.762. The number of rotatable bonds is 5. The Bertz CT molecular complexity index is 652. The Balaban J connectivity index is 1.86. The topological polar surface area (TPSA) is 49.3 Å². The zero-order valence-corrected chi connectivity index (χ0v) is 14.6. The molecule has 0 radical (unpaired) electrons. The lowest BCUT2D eigenvalue weighted by Crippen LogP contribution is -2.39. The summed E-state index contributed by atoms with van der Waals surface area (Å²) in [7, 11) is 1.77. The number of halogens is 1. The van der Waals surface area contributed by atoms with Gasteiger partial charge in [-0.2, -0.15) is 0 Å². The summed E-state index contributed by atoms with van der Waals surface area (Å²) < 4.78 is 0. The van der Waals surface area contributed by atoms with Gasteiger partial charge >= 0.3 is 0 Å². The molecule has 0 saturated carbocycles. The van der Waals surface area contributed by atoms with Gasteiger partial charge in [0.15, 0.2) is 5.96 Å².